The molecule has 0 spiro atoms. The second-order valence-corrected chi connectivity index (χ2v) is 3.98. The lowest BCUT2D eigenvalue weighted by Crippen LogP contribution is -2.10. The van der Waals surface area contributed by atoms with Gasteiger partial charge in [-0.2, -0.15) is 0 Å². The summed E-state index contributed by atoms with van der Waals surface area (Å²) in [5, 5.41) is 2.83. The number of hydrogen-bond donors (Lipinski definition) is 1. The predicted octanol–water partition coefficient (Wildman–Crippen LogP) is 2.68. The van der Waals surface area contributed by atoms with Crippen LogP contribution in [-0.2, 0) is 7.05 Å². The summed E-state index contributed by atoms with van der Waals surface area (Å²) in [7, 11) is 1.88. The van der Waals surface area contributed by atoms with Gasteiger partial charge in [-0.15, -0.1) is 0 Å². The predicted molar refractivity (Wildman–Crippen MR) is 71.0 cm³/mol. The van der Waals surface area contributed by atoms with E-state index >= 15 is 0 Å². The molecule has 2 aromatic rings. The van der Waals surface area contributed by atoms with Crippen LogP contribution in [0.15, 0.2) is 42.7 Å². The minimum Gasteiger partial charge on any atom is -0.494 e. The highest BCUT2D eigenvalue weighted by atomic mass is 16.5. The lowest BCUT2D eigenvalue weighted by atomic mass is 10.2. The lowest BCUT2D eigenvalue weighted by Gasteiger charge is -2.06. The van der Waals surface area contributed by atoms with Crippen LogP contribution in [0.25, 0.3) is 0 Å². The van der Waals surface area contributed by atoms with E-state index in [4.69, 9.17) is 4.74 Å². The van der Waals surface area contributed by atoms with E-state index in [0.717, 1.165) is 11.4 Å². The number of benzene rings is 1. The molecule has 4 nitrogen and oxygen atoms in total. The second kappa shape index (κ2) is 5.40. The molecular formula is C14H16N2O2. The number of hydrogen-bond acceptors (Lipinski definition) is 2. The van der Waals surface area contributed by atoms with Crippen molar-refractivity contribution < 1.29 is 9.53 Å². The van der Waals surface area contributed by atoms with Gasteiger partial charge in [-0.3, -0.25) is 4.79 Å². The van der Waals surface area contributed by atoms with Crippen molar-refractivity contribution >= 4 is 11.6 Å². The molecule has 0 aliphatic carbocycles. The average molecular weight is 244 g/mol. The van der Waals surface area contributed by atoms with Crippen molar-refractivity contribution in [3.63, 3.8) is 0 Å². The summed E-state index contributed by atoms with van der Waals surface area (Å²) in [6, 6.07) is 9.11. The Hall–Kier alpha value is -2.23. The van der Waals surface area contributed by atoms with Gasteiger partial charge >= 0.3 is 0 Å². The molecule has 1 heterocycles. The van der Waals surface area contributed by atoms with E-state index in [1.54, 1.807) is 12.3 Å². The van der Waals surface area contributed by atoms with Gasteiger partial charge in [0.1, 0.15) is 5.75 Å². The maximum Gasteiger partial charge on any atom is 0.257 e. The summed E-state index contributed by atoms with van der Waals surface area (Å²) in [4.78, 5) is 11.9. The Balaban J connectivity index is 2.03. The fourth-order valence-corrected chi connectivity index (χ4v) is 1.64. The maximum absolute atomic E-state index is 11.9. The van der Waals surface area contributed by atoms with E-state index in [1.807, 2.05) is 49.0 Å². The lowest BCUT2D eigenvalue weighted by molar-refractivity contribution is 0.102. The zero-order chi connectivity index (χ0) is 13.0. The SMILES string of the molecule is CCOc1ccc(NC(=O)c2ccn(C)c2)cc1. The first-order chi connectivity index (χ1) is 8.69. The fraction of sp³-hybridized carbons (Fsp3) is 0.214. The highest BCUT2D eigenvalue weighted by Crippen LogP contribution is 2.16. The van der Waals surface area contributed by atoms with Crippen LogP contribution in [0.4, 0.5) is 5.69 Å². The molecule has 0 aliphatic heterocycles. The molecule has 0 aliphatic rings. The molecule has 1 N–H and O–H groups in total. The van der Waals surface area contributed by atoms with Gasteiger partial charge in [0.15, 0.2) is 0 Å². The van der Waals surface area contributed by atoms with Gasteiger partial charge in [-0.25, -0.2) is 0 Å². The topological polar surface area (TPSA) is 43.3 Å². The molecule has 2 rings (SSSR count). The van der Waals surface area contributed by atoms with E-state index in [0.29, 0.717) is 12.2 Å². The molecule has 0 fully saturated rings. The Morgan fingerprint density at radius 3 is 2.56 bits per heavy atom. The third kappa shape index (κ3) is 2.91. The van der Waals surface area contributed by atoms with E-state index in [-0.39, 0.29) is 5.91 Å². The number of amides is 1. The van der Waals surface area contributed by atoms with E-state index < -0.39 is 0 Å². The molecule has 0 unspecified atom stereocenters. The Bertz CT molecular complexity index is 529. The third-order valence-corrected chi connectivity index (χ3v) is 2.52. The normalized spacial score (nSPS) is 10.1. The maximum atomic E-state index is 11.9. The molecule has 0 saturated heterocycles. The number of nitrogens with zero attached hydrogens (tertiary/aromatic N) is 1. The molecule has 4 heteroatoms. The van der Waals surface area contributed by atoms with Gasteiger partial charge in [-0.05, 0) is 37.3 Å². The van der Waals surface area contributed by atoms with Crippen LogP contribution in [0, 0.1) is 0 Å². The number of aromatic nitrogens is 1. The fourth-order valence-electron chi connectivity index (χ4n) is 1.64. The van der Waals surface area contributed by atoms with Crippen molar-refractivity contribution in [1.82, 2.24) is 4.57 Å². The van der Waals surface area contributed by atoms with Crippen LogP contribution in [-0.4, -0.2) is 17.1 Å². The number of aryl methyl sites for hydroxylation is 1. The molecular weight excluding hydrogens is 228 g/mol. The van der Waals surface area contributed by atoms with Crippen molar-refractivity contribution in [2.24, 2.45) is 7.05 Å². The molecule has 1 amide bonds. The number of carbonyl (C=O) groups excluding carboxylic acids is 1. The highest BCUT2D eigenvalue weighted by molar-refractivity contribution is 6.04. The quantitative estimate of drug-likeness (QED) is 0.898. The zero-order valence-electron chi connectivity index (χ0n) is 10.5. The van der Waals surface area contributed by atoms with Crippen LogP contribution < -0.4 is 10.1 Å². The molecule has 18 heavy (non-hydrogen) atoms. The second-order valence-electron chi connectivity index (χ2n) is 3.98. The molecule has 94 valence electrons. The van der Waals surface area contributed by atoms with Gasteiger partial charge in [0.05, 0.1) is 12.2 Å². The Kier molecular flexibility index (Phi) is 3.67. The van der Waals surface area contributed by atoms with Crippen molar-refractivity contribution in [3.05, 3.63) is 48.3 Å². The minimum atomic E-state index is -0.111. The molecule has 0 radical (unpaired) electrons. The summed E-state index contributed by atoms with van der Waals surface area (Å²) in [6.07, 6.45) is 3.62. The molecule has 0 atom stereocenters. The first kappa shape index (κ1) is 12.2. The van der Waals surface area contributed by atoms with Crippen molar-refractivity contribution in [1.29, 1.82) is 0 Å². The number of ether oxygens (including phenoxy) is 1. The minimum absolute atomic E-state index is 0.111. The average Bonchev–Trinajstić information content (AvgIpc) is 2.79. The first-order valence-corrected chi connectivity index (χ1v) is 5.85. The standard InChI is InChI=1S/C14H16N2O2/c1-3-18-13-6-4-12(5-7-13)15-14(17)11-8-9-16(2)10-11/h4-10H,3H2,1-2H3,(H,15,17). The Morgan fingerprint density at radius 1 is 1.28 bits per heavy atom. The van der Waals surface area contributed by atoms with Crippen LogP contribution in [0.3, 0.4) is 0 Å². The van der Waals surface area contributed by atoms with Crippen LogP contribution in [0.1, 0.15) is 17.3 Å². The zero-order valence-corrected chi connectivity index (χ0v) is 10.5. The van der Waals surface area contributed by atoms with Gasteiger partial charge < -0.3 is 14.6 Å². The van der Waals surface area contributed by atoms with Gasteiger partial charge in [0, 0.05) is 25.1 Å². The van der Waals surface area contributed by atoms with Crippen molar-refractivity contribution in [3.8, 4) is 5.75 Å². The third-order valence-electron chi connectivity index (χ3n) is 2.52. The largest absolute Gasteiger partial charge is 0.494 e. The Labute approximate surface area is 106 Å². The van der Waals surface area contributed by atoms with E-state index in [9.17, 15) is 4.79 Å². The van der Waals surface area contributed by atoms with Crippen LogP contribution in [0.2, 0.25) is 0 Å². The molecule has 0 saturated carbocycles. The summed E-state index contributed by atoms with van der Waals surface area (Å²) in [5.74, 6) is 0.690. The van der Waals surface area contributed by atoms with Crippen LogP contribution in [0.5, 0.6) is 5.75 Å². The van der Waals surface area contributed by atoms with Crippen molar-refractivity contribution in [2.45, 2.75) is 6.92 Å². The monoisotopic (exact) mass is 244 g/mol. The van der Waals surface area contributed by atoms with Crippen molar-refractivity contribution in [2.75, 3.05) is 11.9 Å². The van der Waals surface area contributed by atoms with E-state index in [2.05, 4.69) is 5.32 Å². The number of nitrogens with one attached hydrogen (secondary N) is 1. The number of anilines is 1. The van der Waals surface area contributed by atoms with Gasteiger partial charge in [-0.1, -0.05) is 0 Å². The van der Waals surface area contributed by atoms with Gasteiger partial charge in [0.25, 0.3) is 5.91 Å². The van der Waals surface area contributed by atoms with Crippen LogP contribution >= 0.6 is 0 Å². The first-order valence-electron chi connectivity index (χ1n) is 5.85. The summed E-state index contributed by atoms with van der Waals surface area (Å²) < 4.78 is 7.18. The van der Waals surface area contributed by atoms with E-state index in [1.165, 1.54) is 0 Å². The molecule has 1 aromatic carbocycles. The number of rotatable bonds is 4. The Morgan fingerprint density at radius 2 is 2.00 bits per heavy atom. The summed E-state index contributed by atoms with van der Waals surface area (Å²) >= 11 is 0. The van der Waals surface area contributed by atoms with Gasteiger partial charge in [0.2, 0.25) is 0 Å². The molecule has 1 aromatic heterocycles. The number of carbonyl (C=O) groups is 1. The highest BCUT2D eigenvalue weighted by Gasteiger charge is 2.06. The summed E-state index contributed by atoms with van der Waals surface area (Å²) in [6.45, 7) is 2.57. The smallest absolute Gasteiger partial charge is 0.257 e. The molecule has 0 bridgehead atoms. The summed E-state index contributed by atoms with van der Waals surface area (Å²) in [5.41, 5.74) is 1.40.